The molecule has 1 aromatic carbocycles. The molecule has 1 aromatic heterocycles. The largest absolute Gasteiger partial charge is 0.492 e. The van der Waals surface area contributed by atoms with Crippen LogP contribution in [0, 0.1) is 5.92 Å². The number of nitrogens with zero attached hydrogens (tertiary/aromatic N) is 1. The van der Waals surface area contributed by atoms with Crippen LogP contribution in [0.1, 0.15) is 97.0 Å². The van der Waals surface area contributed by atoms with Gasteiger partial charge in [0.05, 0.1) is 18.5 Å². The monoisotopic (exact) mass is 409 g/mol. The molecule has 2 rings (SSSR count). The number of unbranched alkanes of at least 4 members (excludes halogenated alkanes) is 8. The lowest BCUT2D eigenvalue weighted by Gasteiger charge is -2.12. The van der Waals surface area contributed by atoms with Crippen LogP contribution >= 0.6 is 0 Å². The second kappa shape index (κ2) is 15.0. The van der Waals surface area contributed by atoms with Crippen molar-refractivity contribution in [3.05, 3.63) is 48.2 Å². The first kappa shape index (κ1) is 24.4. The summed E-state index contributed by atoms with van der Waals surface area (Å²) in [6, 6.07) is 13.1. The Hall–Kier alpha value is -1.83. The molecular formula is C28H43NO. The molecule has 2 heteroatoms. The predicted octanol–water partition coefficient (Wildman–Crippen LogP) is 8.64. The summed E-state index contributed by atoms with van der Waals surface area (Å²) in [5, 5.41) is 0. The van der Waals surface area contributed by atoms with Gasteiger partial charge in [-0.2, -0.15) is 0 Å². The molecule has 166 valence electrons. The molecule has 2 nitrogen and oxygen atoms in total. The molecule has 0 saturated heterocycles. The highest BCUT2D eigenvalue weighted by Gasteiger charge is 2.05. The van der Waals surface area contributed by atoms with E-state index in [0.717, 1.165) is 30.4 Å². The number of hydrogen-bond donors (Lipinski definition) is 0. The third-order valence-electron chi connectivity index (χ3n) is 5.89. The molecule has 0 unspecified atom stereocenters. The molecule has 0 fully saturated rings. The Kier molecular flexibility index (Phi) is 12.3. The molecule has 30 heavy (non-hydrogen) atoms. The maximum atomic E-state index is 5.85. The first-order valence-corrected chi connectivity index (χ1v) is 12.4. The van der Waals surface area contributed by atoms with Gasteiger partial charge in [-0.25, -0.2) is 0 Å². The van der Waals surface area contributed by atoms with Crippen LogP contribution in [-0.2, 0) is 6.42 Å². The lowest BCUT2D eigenvalue weighted by Crippen LogP contribution is -2.00. The van der Waals surface area contributed by atoms with Gasteiger partial charge in [0, 0.05) is 5.56 Å². The molecule has 0 saturated carbocycles. The minimum Gasteiger partial charge on any atom is -0.492 e. The van der Waals surface area contributed by atoms with E-state index in [1.54, 1.807) is 0 Å². The van der Waals surface area contributed by atoms with E-state index in [-0.39, 0.29) is 0 Å². The highest BCUT2D eigenvalue weighted by atomic mass is 16.5. The van der Waals surface area contributed by atoms with Gasteiger partial charge in [0.25, 0.3) is 0 Å². The Bertz CT molecular complexity index is 662. The number of ether oxygens (including phenoxy) is 1. The van der Waals surface area contributed by atoms with Gasteiger partial charge in [0.15, 0.2) is 0 Å². The number of benzene rings is 1. The minimum absolute atomic E-state index is 0.758. The van der Waals surface area contributed by atoms with Crippen LogP contribution in [0.2, 0.25) is 0 Å². The molecular weight excluding hydrogens is 366 g/mol. The van der Waals surface area contributed by atoms with Crippen molar-refractivity contribution in [2.24, 2.45) is 5.92 Å². The maximum absolute atomic E-state index is 5.85. The van der Waals surface area contributed by atoms with E-state index in [9.17, 15) is 0 Å². The smallest absolute Gasteiger partial charge is 0.137 e. The van der Waals surface area contributed by atoms with Crippen LogP contribution < -0.4 is 4.74 Å². The van der Waals surface area contributed by atoms with Crippen LogP contribution in [0.4, 0.5) is 0 Å². The van der Waals surface area contributed by atoms with Crippen molar-refractivity contribution < 1.29 is 4.74 Å². The first-order valence-electron chi connectivity index (χ1n) is 12.4. The molecule has 0 N–H and O–H groups in total. The van der Waals surface area contributed by atoms with Gasteiger partial charge in [-0.15, -0.1) is 0 Å². The first-order chi connectivity index (χ1) is 14.7. The predicted molar refractivity (Wildman–Crippen MR) is 130 cm³/mol. The standard InChI is InChI=1S/C28H43NO/c1-4-6-8-10-11-13-21-30-27-19-20-28(29-23-27)26-17-15-25(16-18-26)22-24(3)14-12-9-7-5-2/h15-20,23-24H,4-14,21-22H2,1-3H3/t24-/m0/s1. The van der Waals surface area contributed by atoms with E-state index in [2.05, 4.69) is 56.1 Å². The van der Waals surface area contributed by atoms with Gasteiger partial charge in [0.2, 0.25) is 0 Å². The number of aromatic nitrogens is 1. The Labute approximate surface area is 185 Å². The molecule has 0 amide bonds. The Balaban J connectivity index is 1.73. The fourth-order valence-electron chi connectivity index (χ4n) is 3.94. The van der Waals surface area contributed by atoms with Crippen molar-refractivity contribution in [1.29, 1.82) is 0 Å². The van der Waals surface area contributed by atoms with Gasteiger partial charge in [0.1, 0.15) is 5.75 Å². The molecule has 0 aliphatic carbocycles. The number of hydrogen-bond acceptors (Lipinski definition) is 2. The van der Waals surface area contributed by atoms with Gasteiger partial charge >= 0.3 is 0 Å². The summed E-state index contributed by atoms with van der Waals surface area (Å²) >= 11 is 0. The summed E-state index contributed by atoms with van der Waals surface area (Å²) in [5.74, 6) is 1.63. The van der Waals surface area contributed by atoms with Crippen LogP contribution in [0.25, 0.3) is 11.3 Å². The lowest BCUT2D eigenvalue weighted by atomic mass is 9.94. The van der Waals surface area contributed by atoms with Crippen molar-refractivity contribution in [3.63, 3.8) is 0 Å². The van der Waals surface area contributed by atoms with Crippen molar-refractivity contribution >= 4 is 0 Å². The van der Waals surface area contributed by atoms with Crippen LogP contribution in [0.15, 0.2) is 42.6 Å². The zero-order valence-electron chi connectivity index (χ0n) is 19.7. The summed E-state index contributed by atoms with van der Waals surface area (Å²) in [6.07, 6.45) is 17.5. The molecule has 1 heterocycles. The SMILES string of the molecule is CCCCCCCCOc1ccc(-c2ccc(C[C@@H](C)CCCCCC)cc2)nc1. The maximum Gasteiger partial charge on any atom is 0.137 e. The quantitative estimate of drug-likeness (QED) is 0.259. The molecule has 2 aromatic rings. The minimum atomic E-state index is 0.758. The number of rotatable bonds is 16. The fraction of sp³-hybridized carbons (Fsp3) is 0.607. The Morgan fingerprint density at radius 2 is 1.43 bits per heavy atom. The topological polar surface area (TPSA) is 22.1 Å². The van der Waals surface area contributed by atoms with Crippen molar-refractivity contribution in [1.82, 2.24) is 4.98 Å². The summed E-state index contributed by atoms with van der Waals surface area (Å²) < 4.78 is 5.85. The molecule has 0 aliphatic heterocycles. The summed E-state index contributed by atoms with van der Waals surface area (Å²) in [4.78, 5) is 4.61. The van der Waals surface area contributed by atoms with E-state index in [1.807, 2.05) is 12.3 Å². The average Bonchev–Trinajstić information content (AvgIpc) is 2.77. The highest BCUT2D eigenvalue weighted by Crippen LogP contribution is 2.22. The van der Waals surface area contributed by atoms with E-state index >= 15 is 0 Å². The fourth-order valence-corrected chi connectivity index (χ4v) is 3.94. The zero-order chi connectivity index (χ0) is 21.4. The summed E-state index contributed by atoms with van der Waals surface area (Å²) in [5.41, 5.74) is 3.62. The van der Waals surface area contributed by atoms with Crippen LogP contribution in [-0.4, -0.2) is 11.6 Å². The van der Waals surface area contributed by atoms with Gasteiger partial charge in [-0.3, -0.25) is 4.98 Å². The third kappa shape index (κ3) is 9.78. The van der Waals surface area contributed by atoms with Gasteiger partial charge in [-0.1, -0.05) is 109 Å². The highest BCUT2D eigenvalue weighted by molar-refractivity contribution is 5.59. The lowest BCUT2D eigenvalue weighted by molar-refractivity contribution is 0.303. The van der Waals surface area contributed by atoms with E-state index in [1.165, 1.54) is 81.8 Å². The van der Waals surface area contributed by atoms with Crippen LogP contribution in [0.3, 0.4) is 0 Å². The summed E-state index contributed by atoms with van der Waals surface area (Å²) in [7, 11) is 0. The van der Waals surface area contributed by atoms with Crippen molar-refractivity contribution in [2.45, 2.75) is 97.8 Å². The van der Waals surface area contributed by atoms with Gasteiger partial charge in [-0.05, 0) is 36.5 Å². The van der Waals surface area contributed by atoms with Gasteiger partial charge < -0.3 is 4.74 Å². The zero-order valence-corrected chi connectivity index (χ0v) is 19.7. The summed E-state index contributed by atoms with van der Waals surface area (Å²) in [6.45, 7) is 7.70. The van der Waals surface area contributed by atoms with E-state index < -0.39 is 0 Å². The Morgan fingerprint density at radius 3 is 2.10 bits per heavy atom. The second-order valence-electron chi connectivity index (χ2n) is 8.85. The molecule has 0 spiro atoms. The molecule has 0 aliphatic rings. The average molecular weight is 410 g/mol. The third-order valence-corrected chi connectivity index (χ3v) is 5.89. The van der Waals surface area contributed by atoms with E-state index in [4.69, 9.17) is 4.74 Å². The van der Waals surface area contributed by atoms with Crippen LogP contribution in [0.5, 0.6) is 5.75 Å². The molecule has 0 bridgehead atoms. The van der Waals surface area contributed by atoms with E-state index in [0.29, 0.717) is 0 Å². The number of pyridine rings is 1. The van der Waals surface area contributed by atoms with Crippen molar-refractivity contribution in [2.75, 3.05) is 6.61 Å². The molecule has 1 atom stereocenters. The van der Waals surface area contributed by atoms with Crippen molar-refractivity contribution in [3.8, 4) is 17.0 Å². The molecule has 0 radical (unpaired) electrons. The Morgan fingerprint density at radius 1 is 0.767 bits per heavy atom. The second-order valence-corrected chi connectivity index (χ2v) is 8.85. The normalized spacial score (nSPS) is 12.1.